The highest BCUT2D eigenvalue weighted by Gasteiger charge is 2.44. The molecule has 4 heteroatoms. The van der Waals surface area contributed by atoms with Crippen LogP contribution in [-0.2, 0) is 11.2 Å². The summed E-state index contributed by atoms with van der Waals surface area (Å²) in [5.41, 5.74) is 3.82. The van der Waals surface area contributed by atoms with E-state index < -0.39 is 0 Å². The Morgan fingerprint density at radius 2 is 2.00 bits per heavy atom. The third kappa shape index (κ3) is 3.25. The molecular formula is C21H23ClN2O. The number of fused-ring (bicyclic) bond motifs is 1. The van der Waals surface area contributed by atoms with E-state index in [2.05, 4.69) is 41.4 Å². The summed E-state index contributed by atoms with van der Waals surface area (Å²) in [6, 6.07) is 16.7. The van der Waals surface area contributed by atoms with E-state index in [4.69, 9.17) is 11.6 Å². The highest BCUT2D eigenvalue weighted by Crippen LogP contribution is 2.49. The number of amides is 1. The molecule has 1 saturated carbocycles. The van der Waals surface area contributed by atoms with Gasteiger partial charge in [-0.15, -0.1) is 0 Å². The van der Waals surface area contributed by atoms with Crippen molar-refractivity contribution < 1.29 is 4.79 Å². The van der Waals surface area contributed by atoms with Crippen molar-refractivity contribution in [1.29, 1.82) is 0 Å². The van der Waals surface area contributed by atoms with E-state index in [0.717, 1.165) is 30.0 Å². The van der Waals surface area contributed by atoms with E-state index in [1.54, 1.807) is 0 Å². The molecule has 4 rings (SSSR count). The standard InChI is InChI=1S/C21H23ClN2O/c1-14(24-11-10-15-6-2-5-9-20(15)24)13-23-21(25)18-12-17(18)16-7-3-4-8-19(16)22/h2-9,14,17-18H,10-13H2,1H3,(H,23,25). The largest absolute Gasteiger partial charge is 0.366 e. The summed E-state index contributed by atoms with van der Waals surface area (Å²) >= 11 is 6.25. The summed E-state index contributed by atoms with van der Waals surface area (Å²) in [5, 5.41) is 3.92. The van der Waals surface area contributed by atoms with Gasteiger partial charge in [-0.3, -0.25) is 4.79 Å². The lowest BCUT2D eigenvalue weighted by Crippen LogP contribution is -2.42. The van der Waals surface area contributed by atoms with Gasteiger partial charge in [-0.05, 0) is 48.9 Å². The van der Waals surface area contributed by atoms with Gasteiger partial charge in [0.25, 0.3) is 0 Å². The molecule has 130 valence electrons. The first-order chi connectivity index (χ1) is 12.1. The van der Waals surface area contributed by atoms with E-state index in [9.17, 15) is 4.79 Å². The fourth-order valence-corrected chi connectivity index (χ4v) is 4.19. The molecule has 2 aliphatic rings. The number of hydrogen-bond acceptors (Lipinski definition) is 2. The Morgan fingerprint density at radius 1 is 1.24 bits per heavy atom. The second kappa shape index (κ2) is 6.72. The first-order valence-electron chi connectivity index (χ1n) is 9.02. The summed E-state index contributed by atoms with van der Waals surface area (Å²) in [6.07, 6.45) is 1.99. The molecule has 2 aromatic carbocycles. The van der Waals surface area contributed by atoms with Gasteiger partial charge in [0.05, 0.1) is 0 Å². The lowest BCUT2D eigenvalue weighted by molar-refractivity contribution is -0.122. The molecule has 1 N–H and O–H groups in total. The summed E-state index contributed by atoms with van der Waals surface area (Å²) in [6.45, 7) is 3.89. The monoisotopic (exact) mass is 354 g/mol. The van der Waals surface area contributed by atoms with Crippen LogP contribution in [0.25, 0.3) is 0 Å². The van der Waals surface area contributed by atoms with Crippen molar-refractivity contribution in [1.82, 2.24) is 5.32 Å². The second-order valence-corrected chi connectivity index (χ2v) is 7.54. The maximum Gasteiger partial charge on any atom is 0.223 e. The minimum absolute atomic E-state index is 0.0676. The predicted molar refractivity (Wildman–Crippen MR) is 102 cm³/mol. The number of carbonyl (C=O) groups is 1. The molecule has 1 aliphatic carbocycles. The van der Waals surface area contributed by atoms with Crippen LogP contribution in [0.3, 0.4) is 0 Å². The van der Waals surface area contributed by atoms with Crippen LogP contribution in [0, 0.1) is 5.92 Å². The molecule has 0 aromatic heterocycles. The maximum atomic E-state index is 12.5. The molecule has 0 radical (unpaired) electrons. The molecular weight excluding hydrogens is 332 g/mol. The summed E-state index contributed by atoms with van der Waals surface area (Å²) in [4.78, 5) is 14.9. The molecule has 25 heavy (non-hydrogen) atoms. The first-order valence-corrected chi connectivity index (χ1v) is 9.39. The SMILES string of the molecule is CC(CNC(=O)C1CC1c1ccccc1Cl)N1CCc2ccccc21. The fourth-order valence-electron chi connectivity index (χ4n) is 3.92. The highest BCUT2D eigenvalue weighted by atomic mass is 35.5. The normalized spacial score (nSPS) is 22.4. The fraction of sp³-hybridized carbons (Fsp3) is 0.381. The lowest BCUT2D eigenvalue weighted by atomic mass is 10.1. The first kappa shape index (κ1) is 16.5. The molecule has 1 amide bonds. The van der Waals surface area contributed by atoms with Gasteiger partial charge in [0.1, 0.15) is 0 Å². The third-order valence-corrected chi connectivity index (χ3v) is 5.80. The zero-order chi connectivity index (χ0) is 17.4. The van der Waals surface area contributed by atoms with Crippen LogP contribution in [0.1, 0.15) is 30.4 Å². The number of nitrogens with zero attached hydrogens (tertiary/aromatic N) is 1. The summed E-state index contributed by atoms with van der Waals surface area (Å²) in [5.74, 6) is 0.499. The lowest BCUT2D eigenvalue weighted by Gasteiger charge is -2.27. The Labute approximate surface area is 154 Å². The maximum absolute atomic E-state index is 12.5. The molecule has 1 aliphatic heterocycles. The van der Waals surface area contributed by atoms with Crippen molar-refractivity contribution >= 4 is 23.2 Å². The van der Waals surface area contributed by atoms with E-state index >= 15 is 0 Å². The van der Waals surface area contributed by atoms with Crippen molar-refractivity contribution in [2.75, 3.05) is 18.0 Å². The number of nitrogens with one attached hydrogen (secondary N) is 1. The summed E-state index contributed by atoms with van der Waals surface area (Å²) in [7, 11) is 0. The highest BCUT2D eigenvalue weighted by molar-refractivity contribution is 6.31. The van der Waals surface area contributed by atoms with Gasteiger partial charge in [0.2, 0.25) is 5.91 Å². The number of halogens is 1. The average molecular weight is 355 g/mol. The number of anilines is 1. The number of para-hydroxylation sites is 1. The van der Waals surface area contributed by atoms with Crippen molar-refractivity contribution in [2.45, 2.75) is 31.7 Å². The predicted octanol–water partition coefficient (Wildman–Crippen LogP) is 4.01. The van der Waals surface area contributed by atoms with Gasteiger partial charge in [0.15, 0.2) is 0 Å². The Balaban J connectivity index is 1.32. The van der Waals surface area contributed by atoms with E-state index in [0.29, 0.717) is 12.6 Å². The number of benzene rings is 2. The third-order valence-electron chi connectivity index (χ3n) is 5.46. The van der Waals surface area contributed by atoms with E-state index in [-0.39, 0.29) is 17.7 Å². The van der Waals surface area contributed by atoms with Gasteiger partial charge >= 0.3 is 0 Å². The van der Waals surface area contributed by atoms with Crippen LogP contribution in [0.15, 0.2) is 48.5 Å². The average Bonchev–Trinajstić information content (AvgIpc) is 3.31. The van der Waals surface area contributed by atoms with Gasteiger partial charge in [-0.25, -0.2) is 0 Å². The van der Waals surface area contributed by atoms with Gasteiger partial charge in [-0.1, -0.05) is 48.0 Å². The molecule has 1 heterocycles. The molecule has 0 spiro atoms. The van der Waals surface area contributed by atoms with Crippen LogP contribution in [0.5, 0.6) is 0 Å². The molecule has 2 aromatic rings. The van der Waals surface area contributed by atoms with Crippen LogP contribution in [0.2, 0.25) is 5.02 Å². The molecule has 1 fully saturated rings. The van der Waals surface area contributed by atoms with E-state index in [1.165, 1.54) is 11.3 Å². The number of carbonyl (C=O) groups excluding carboxylic acids is 1. The topological polar surface area (TPSA) is 32.3 Å². The van der Waals surface area contributed by atoms with Crippen molar-refractivity contribution in [3.63, 3.8) is 0 Å². The van der Waals surface area contributed by atoms with Gasteiger partial charge in [-0.2, -0.15) is 0 Å². The molecule has 0 bridgehead atoms. The van der Waals surface area contributed by atoms with Crippen LogP contribution < -0.4 is 10.2 Å². The smallest absolute Gasteiger partial charge is 0.223 e. The molecule has 0 saturated heterocycles. The number of rotatable bonds is 5. The van der Waals surface area contributed by atoms with E-state index in [1.807, 2.05) is 24.3 Å². The van der Waals surface area contributed by atoms with Crippen molar-refractivity contribution in [3.05, 3.63) is 64.7 Å². The Bertz CT molecular complexity index is 791. The minimum Gasteiger partial charge on any atom is -0.366 e. The summed E-state index contributed by atoms with van der Waals surface area (Å²) < 4.78 is 0. The Morgan fingerprint density at radius 3 is 2.84 bits per heavy atom. The van der Waals surface area contributed by atoms with Crippen LogP contribution in [0.4, 0.5) is 5.69 Å². The van der Waals surface area contributed by atoms with Gasteiger partial charge in [0, 0.05) is 35.8 Å². The zero-order valence-corrected chi connectivity index (χ0v) is 15.2. The molecule has 3 unspecified atom stereocenters. The second-order valence-electron chi connectivity index (χ2n) is 7.14. The van der Waals surface area contributed by atoms with Gasteiger partial charge < -0.3 is 10.2 Å². The molecule has 3 atom stereocenters. The van der Waals surface area contributed by atoms with Crippen molar-refractivity contribution in [3.8, 4) is 0 Å². The Kier molecular flexibility index (Phi) is 4.43. The quantitative estimate of drug-likeness (QED) is 0.879. The number of hydrogen-bond donors (Lipinski definition) is 1. The Hall–Kier alpha value is -2.00. The van der Waals surface area contributed by atoms with Crippen molar-refractivity contribution in [2.24, 2.45) is 5.92 Å². The molecule has 3 nitrogen and oxygen atoms in total. The zero-order valence-electron chi connectivity index (χ0n) is 14.4. The minimum atomic E-state index is 0.0676. The van der Waals surface area contributed by atoms with Crippen LogP contribution in [-0.4, -0.2) is 25.0 Å². The van der Waals surface area contributed by atoms with Crippen LogP contribution >= 0.6 is 11.6 Å².